The molecule has 33 heavy (non-hydrogen) atoms. The van der Waals surface area contributed by atoms with Crippen molar-refractivity contribution in [2.75, 3.05) is 29.1 Å². The number of nitrogens with zero attached hydrogens (tertiary/aromatic N) is 4. The lowest BCUT2D eigenvalue weighted by Gasteiger charge is -2.23. The van der Waals surface area contributed by atoms with Gasteiger partial charge in [0.05, 0.1) is 34.5 Å². The molecule has 0 unspecified atom stereocenters. The number of alkyl halides is 3. The van der Waals surface area contributed by atoms with E-state index in [1.165, 1.54) is 17.8 Å². The fourth-order valence-corrected chi connectivity index (χ4v) is 4.66. The van der Waals surface area contributed by atoms with Crippen LogP contribution in [0, 0.1) is 6.92 Å². The van der Waals surface area contributed by atoms with E-state index in [9.17, 15) is 18.0 Å². The average Bonchev–Trinajstić information content (AvgIpc) is 3.52. The molecule has 1 aliphatic rings. The van der Waals surface area contributed by atoms with Gasteiger partial charge >= 0.3 is 6.18 Å². The summed E-state index contributed by atoms with van der Waals surface area (Å²) in [5.41, 5.74) is 0.802. The number of hydrogen-bond donors (Lipinski definition) is 1. The van der Waals surface area contributed by atoms with Crippen LogP contribution in [0.3, 0.4) is 0 Å². The third kappa shape index (κ3) is 5.02. The third-order valence-electron chi connectivity index (χ3n) is 5.51. The molecule has 0 bridgehead atoms. The van der Waals surface area contributed by atoms with E-state index in [4.69, 9.17) is 4.42 Å². The molecule has 176 valence electrons. The Balaban J connectivity index is 1.50. The molecule has 0 aliphatic carbocycles. The molecule has 3 heterocycles. The number of carbonyl (C=O) groups excluding carboxylic acids is 1. The van der Waals surface area contributed by atoms with Crippen molar-refractivity contribution in [2.24, 2.45) is 0 Å². The van der Waals surface area contributed by atoms with Gasteiger partial charge in [-0.25, -0.2) is 0 Å². The predicted octanol–water partition coefficient (Wildman–Crippen LogP) is 5.22. The summed E-state index contributed by atoms with van der Waals surface area (Å²) in [7, 11) is 0. The summed E-state index contributed by atoms with van der Waals surface area (Å²) in [6, 6.07) is 5.30. The Labute approximate surface area is 193 Å². The Bertz CT molecular complexity index is 1140. The number of rotatable bonds is 7. The summed E-state index contributed by atoms with van der Waals surface area (Å²) in [4.78, 5) is 14.7. The Morgan fingerprint density at radius 2 is 1.97 bits per heavy atom. The van der Waals surface area contributed by atoms with Crippen molar-refractivity contribution in [1.82, 2.24) is 14.8 Å². The molecule has 1 N–H and O–H groups in total. The zero-order chi connectivity index (χ0) is 23.6. The van der Waals surface area contributed by atoms with E-state index in [0.717, 1.165) is 43.6 Å². The molecule has 11 heteroatoms. The van der Waals surface area contributed by atoms with E-state index >= 15 is 0 Å². The van der Waals surface area contributed by atoms with Gasteiger partial charge in [-0.3, -0.25) is 4.79 Å². The molecule has 1 aliphatic heterocycles. The van der Waals surface area contributed by atoms with Crippen LogP contribution in [0.4, 0.5) is 24.5 Å². The zero-order valence-corrected chi connectivity index (χ0v) is 19.1. The van der Waals surface area contributed by atoms with Crippen LogP contribution in [0.15, 0.2) is 40.1 Å². The Morgan fingerprint density at radius 1 is 1.21 bits per heavy atom. The van der Waals surface area contributed by atoms with Crippen molar-refractivity contribution >= 4 is 29.0 Å². The maximum atomic E-state index is 13.3. The van der Waals surface area contributed by atoms with Gasteiger partial charge in [0.2, 0.25) is 5.91 Å². The Hall–Kier alpha value is -2.95. The van der Waals surface area contributed by atoms with Crippen LogP contribution >= 0.6 is 11.8 Å². The summed E-state index contributed by atoms with van der Waals surface area (Å²) >= 11 is 1.18. The van der Waals surface area contributed by atoms with Gasteiger partial charge in [-0.1, -0.05) is 11.8 Å². The molecule has 0 spiro atoms. The number of halogens is 3. The fourth-order valence-electron chi connectivity index (χ4n) is 3.86. The quantitative estimate of drug-likeness (QED) is 0.469. The number of thioether (sulfide) groups is 1. The maximum absolute atomic E-state index is 13.3. The van der Waals surface area contributed by atoms with Crippen LogP contribution in [0.25, 0.3) is 11.4 Å². The Kier molecular flexibility index (Phi) is 6.68. The number of nitrogens with one attached hydrogen (secondary N) is 1. The number of aryl methyl sites for hydroxylation is 1. The number of anilines is 2. The van der Waals surface area contributed by atoms with Gasteiger partial charge < -0.3 is 19.2 Å². The first-order valence-electron chi connectivity index (χ1n) is 10.6. The molecule has 0 atom stereocenters. The van der Waals surface area contributed by atoms with E-state index in [0.29, 0.717) is 29.0 Å². The van der Waals surface area contributed by atoms with E-state index in [1.807, 2.05) is 23.3 Å². The first-order chi connectivity index (χ1) is 15.8. The van der Waals surface area contributed by atoms with Crippen molar-refractivity contribution in [3.05, 3.63) is 41.9 Å². The van der Waals surface area contributed by atoms with Crippen LogP contribution in [-0.2, 0) is 17.5 Å². The normalized spacial score (nSPS) is 14.2. The van der Waals surface area contributed by atoms with Gasteiger partial charge in [-0.05, 0) is 51.0 Å². The maximum Gasteiger partial charge on any atom is 0.416 e. The number of aromatic nitrogens is 3. The van der Waals surface area contributed by atoms with Crippen LogP contribution in [0.1, 0.15) is 31.1 Å². The highest BCUT2D eigenvalue weighted by Crippen LogP contribution is 2.36. The van der Waals surface area contributed by atoms with Crippen molar-refractivity contribution in [3.63, 3.8) is 0 Å². The second-order valence-electron chi connectivity index (χ2n) is 7.70. The number of amides is 1. The summed E-state index contributed by atoms with van der Waals surface area (Å²) in [6.45, 7) is 5.86. The molecule has 1 saturated heterocycles. The summed E-state index contributed by atoms with van der Waals surface area (Å²) in [6.07, 6.45) is -0.978. The van der Waals surface area contributed by atoms with Gasteiger partial charge in [-0.2, -0.15) is 13.2 Å². The molecule has 1 amide bonds. The van der Waals surface area contributed by atoms with E-state index in [-0.39, 0.29) is 11.4 Å². The number of furan rings is 1. The predicted molar refractivity (Wildman–Crippen MR) is 120 cm³/mol. The van der Waals surface area contributed by atoms with Crippen molar-refractivity contribution in [2.45, 2.75) is 44.6 Å². The monoisotopic (exact) mass is 479 g/mol. The molecule has 2 aromatic heterocycles. The van der Waals surface area contributed by atoms with Crippen LogP contribution < -0.4 is 10.2 Å². The molecule has 4 rings (SSSR count). The van der Waals surface area contributed by atoms with E-state index in [2.05, 4.69) is 15.5 Å². The second-order valence-corrected chi connectivity index (χ2v) is 8.64. The SMILES string of the molecule is CCn1c(SCC(=O)Nc2cc(C(F)(F)F)ccc2N2CCCC2)nnc1-c1ccoc1C. The molecule has 0 saturated carbocycles. The highest BCUT2D eigenvalue weighted by molar-refractivity contribution is 7.99. The standard InChI is InChI=1S/C22H24F3N5O2S/c1-3-30-20(16-8-11-32-14(16)2)27-28-21(30)33-13-19(31)26-17-12-15(22(23,24)25)6-7-18(17)29-9-4-5-10-29/h6-8,11-12H,3-5,9-10,13H2,1-2H3,(H,26,31). The van der Waals surface area contributed by atoms with Gasteiger partial charge in [0.15, 0.2) is 11.0 Å². The summed E-state index contributed by atoms with van der Waals surface area (Å²) < 4.78 is 47.0. The zero-order valence-electron chi connectivity index (χ0n) is 18.3. The third-order valence-corrected chi connectivity index (χ3v) is 6.48. The van der Waals surface area contributed by atoms with Crippen LogP contribution in [-0.4, -0.2) is 39.5 Å². The number of hydrogen-bond acceptors (Lipinski definition) is 6. The lowest BCUT2D eigenvalue weighted by atomic mass is 10.1. The van der Waals surface area contributed by atoms with Gasteiger partial charge in [0.25, 0.3) is 0 Å². The number of carbonyl (C=O) groups is 1. The Morgan fingerprint density at radius 3 is 2.61 bits per heavy atom. The first-order valence-corrected chi connectivity index (χ1v) is 11.6. The average molecular weight is 480 g/mol. The molecule has 7 nitrogen and oxygen atoms in total. The van der Waals surface area contributed by atoms with Crippen LogP contribution in [0.2, 0.25) is 0 Å². The minimum Gasteiger partial charge on any atom is -0.469 e. The van der Waals surface area contributed by atoms with Crippen molar-refractivity contribution in [3.8, 4) is 11.4 Å². The number of benzene rings is 1. The first kappa shape index (κ1) is 23.2. The molecular weight excluding hydrogens is 455 g/mol. The van der Waals surface area contributed by atoms with Gasteiger partial charge in [-0.15, -0.1) is 10.2 Å². The molecule has 1 fully saturated rings. The van der Waals surface area contributed by atoms with Gasteiger partial charge in [0, 0.05) is 19.6 Å². The summed E-state index contributed by atoms with van der Waals surface area (Å²) in [5.74, 6) is 0.927. The molecule has 1 aromatic carbocycles. The second kappa shape index (κ2) is 9.50. The summed E-state index contributed by atoms with van der Waals surface area (Å²) in [5, 5.41) is 11.6. The lowest BCUT2D eigenvalue weighted by molar-refractivity contribution is -0.137. The largest absolute Gasteiger partial charge is 0.469 e. The molecular formula is C22H24F3N5O2S. The minimum atomic E-state index is -4.49. The topological polar surface area (TPSA) is 76.2 Å². The lowest BCUT2D eigenvalue weighted by Crippen LogP contribution is -2.22. The van der Waals surface area contributed by atoms with Gasteiger partial charge in [0.1, 0.15) is 5.76 Å². The minimum absolute atomic E-state index is 0.0157. The highest BCUT2D eigenvalue weighted by atomic mass is 32.2. The van der Waals surface area contributed by atoms with Crippen molar-refractivity contribution in [1.29, 1.82) is 0 Å². The smallest absolute Gasteiger partial charge is 0.416 e. The molecule has 0 radical (unpaired) electrons. The fraction of sp³-hybridized carbons (Fsp3) is 0.409. The van der Waals surface area contributed by atoms with Crippen molar-refractivity contribution < 1.29 is 22.4 Å². The van der Waals surface area contributed by atoms with E-state index < -0.39 is 17.6 Å². The molecule has 3 aromatic rings. The highest BCUT2D eigenvalue weighted by Gasteiger charge is 2.32. The van der Waals surface area contributed by atoms with E-state index in [1.54, 1.807) is 12.3 Å². The van der Waals surface area contributed by atoms with Crippen LogP contribution in [0.5, 0.6) is 0 Å².